The van der Waals surface area contributed by atoms with Crippen molar-refractivity contribution in [1.82, 2.24) is 14.4 Å². The first-order chi connectivity index (χ1) is 11.4. The van der Waals surface area contributed by atoms with Gasteiger partial charge in [0.1, 0.15) is 10.6 Å². The van der Waals surface area contributed by atoms with Crippen molar-refractivity contribution in [2.75, 3.05) is 32.7 Å². The van der Waals surface area contributed by atoms with E-state index in [2.05, 4.69) is 17.0 Å². The molecule has 0 radical (unpaired) electrons. The van der Waals surface area contributed by atoms with Crippen molar-refractivity contribution in [2.24, 2.45) is 11.8 Å². The molecule has 0 spiro atoms. The number of rotatable bonds is 4. The predicted octanol–water partition coefficient (Wildman–Crippen LogP) is 2.42. The minimum absolute atomic E-state index is 0.255. The Morgan fingerprint density at radius 1 is 1.17 bits per heavy atom. The summed E-state index contributed by atoms with van der Waals surface area (Å²) in [5.74, 6) is 1.78. The largest absolute Gasteiger partial charge is 0.360 e. The lowest BCUT2D eigenvalue weighted by atomic mass is 9.94. The quantitative estimate of drug-likeness (QED) is 0.830. The van der Waals surface area contributed by atoms with Gasteiger partial charge in [-0.3, -0.25) is 0 Å². The van der Waals surface area contributed by atoms with Gasteiger partial charge in [0.2, 0.25) is 10.0 Å². The number of hydrogen-bond donors (Lipinski definition) is 0. The van der Waals surface area contributed by atoms with Crippen LogP contribution in [-0.2, 0) is 10.0 Å². The molecule has 1 aromatic rings. The van der Waals surface area contributed by atoms with E-state index < -0.39 is 10.0 Å². The van der Waals surface area contributed by atoms with Crippen molar-refractivity contribution in [3.63, 3.8) is 0 Å². The summed E-state index contributed by atoms with van der Waals surface area (Å²) in [6, 6.07) is 0. The molecule has 2 saturated heterocycles. The molecule has 0 saturated carbocycles. The Morgan fingerprint density at radius 3 is 2.46 bits per heavy atom. The van der Waals surface area contributed by atoms with Gasteiger partial charge < -0.3 is 9.42 Å². The molecule has 1 aromatic heterocycles. The highest BCUT2D eigenvalue weighted by molar-refractivity contribution is 7.89. The monoisotopic (exact) mass is 355 g/mol. The van der Waals surface area contributed by atoms with Crippen LogP contribution in [0.2, 0.25) is 0 Å². The molecule has 2 aliphatic heterocycles. The molecule has 0 aromatic carbocycles. The fourth-order valence-corrected chi connectivity index (χ4v) is 5.88. The van der Waals surface area contributed by atoms with E-state index in [0.717, 1.165) is 25.3 Å². The second-order valence-electron chi connectivity index (χ2n) is 7.51. The van der Waals surface area contributed by atoms with Crippen molar-refractivity contribution in [1.29, 1.82) is 0 Å². The molecule has 6 nitrogen and oxygen atoms in total. The van der Waals surface area contributed by atoms with Crippen molar-refractivity contribution in [2.45, 2.75) is 51.3 Å². The second kappa shape index (κ2) is 7.14. The molecule has 7 heteroatoms. The molecule has 136 valence electrons. The van der Waals surface area contributed by atoms with Crippen molar-refractivity contribution >= 4 is 10.0 Å². The van der Waals surface area contributed by atoms with E-state index in [1.165, 1.54) is 25.9 Å². The van der Waals surface area contributed by atoms with Gasteiger partial charge in [-0.2, -0.15) is 4.31 Å². The van der Waals surface area contributed by atoms with Crippen LogP contribution in [-0.4, -0.2) is 55.5 Å². The Bertz CT molecular complexity index is 643. The summed E-state index contributed by atoms with van der Waals surface area (Å²) < 4.78 is 32.3. The van der Waals surface area contributed by atoms with Crippen LogP contribution in [0.1, 0.15) is 44.1 Å². The van der Waals surface area contributed by atoms with E-state index in [1.54, 1.807) is 18.2 Å². The molecule has 1 unspecified atom stereocenters. The van der Waals surface area contributed by atoms with E-state index in [4.69, 9.17) is 4.52 Å². The van der Waals surface area contributed by atoms with Crippen LogP contribution in [0, 0.1) is 25.7 Å². The first kappa shape index (κ1) is 17.9. The number of nitrogens with zero attached hydrogens (tertiary/aromatic N) is 3. The summed E-state index contributed by atoms with van der Waals surface area (Å²) in [7, 11) is -3.48. The zero-order valence-corrected chi connectivity index (χ0v) is 15.8. The number of aryl methyl sites for hydroxylation is 2. The first-order valence-electron chi connectivity index (χ1n) is 9.03. The fraction of sp³-hybridized carbons (Fsp3) is 0.824. The second-order valence-corrected chi connectivity index (χ2v) is 9.38. The molecule has 0 aliphatic carbocycles. The van der Waals surface area contributed by atoms with Gasteiger partial charge in [-0.1, -0.05) is 12.1 Å². The highest BCUT2D eigenvalue weighted by Crippen LogP contribution is 2.28. The topological polar surface area (TPSA) is 66.7 Å². The van der Waals surface area contributed by atoms with Gasteiger partial charge in [0.15, 0.2) is 5.76 Å². The molecule has 2 aliphatic rings. The average Bonchev–Trinajstić information content (AvgIpc) is 2.87. The van der Waals surface area contributed by atoms with Gasteiger partial charge in [0.05, 0.1) is 0 Å². The molecule has 2 fully saturated rings. The number of piperidine rings is 2. The molecule has 1 atom stereocenters. The van der Waals surface area contributed by atoms with E-state index in [1.807, 2.05) is 0 Å². The van der Waals surface area contributed by atoms with Gasteiger partial charge in [0.25, 0.3) is 0 Å². The van der Waals surface area contributed by atoms with Gasteiger partial charge in [-0.25, -0.2) is 8.42 Å². The highest BCUT2D eigenvalue weighted by Gasteiger charge is 2.34. The standard InChI is InChI=1S/C17H29N3O3S/c1-13-5-4-8-19(11-13)12-16-6-9-20(10-7-16)24(21,22)17-14(2)18-23-15(17)3/h13,16H,4-12H2,1-3H3. The maximum absolute atomic E-state index is 12.8. The summed E-state index contributed by atoms with van der Waals surface area (Å²) in [6.45, 7) is 10.4. The molecule has 3 heterocycles. The minimum Gasteiger partial charge on any atom is -0.360 e. The Labute approximate surface area is 145 Å². The summed E-state index contributed by atoms with van der Waals surface area (Å²) in [6.07, 6.45) is 4.51. The lowest BCUT2D eigenvalue weighted by molar-refractivity contribution is 0.136. The normalized spacial score (nSPS) is 25.2. The third-order valence-electron chi connectivity index (χ3n) is 5.40. The summed E-state index contributed by atoms with van der Waals surface area (Å²) in [4.78, 5) is 2.82. The fourth-order valence-electron chi connectivity index (χ4n) is 4.12. The lowest BCUT2D eigenvalue weighted by Crippen LogP contribution is -2.43. The molecular weight excluding hydrogens is 326 g/mol. The molecule has 24 heavy (non-hydrogen) atoms. The van der Waals surface area contributed by atoms with E-state index in [0.29, 0.717) is 30.5 Å². The maximum Gasteiger partial charge on any atom is 0.248 e. The van der Waals surface area contributed by atoms with Crippen LogP contribution in [0.4, 0.5) is 0 Å². The Hall–Kier alpha value is -0.920. The van der Waals surface area contributed by atoms with Crippen LogP contribution >= 0.6 is 0 Å². The zero-order valence-electron chi connectivity index (χ0n) is 15.0. The van der Waals surface area contributed by atoms with Crippen LogP contribution < -0.4 is 0 Å². The number of likely N-dealkylation sites (tertiary alicyclic amines) is 1. The van der Waals surface area contributed by atoms with Crippen molar-refractivity contribution in [3.8, 4) is 0 Å². The SMILES string of the molecule is Cc1noc(C)c1S(=O)(=O)N1CCC(CN2CCCC(C)C2)CC1. The van der Waals surface area contributed by atoms with Crippen LogP contribution in [0.25, 0.3) is 0 Å². The van der Waals surface area contributed by atoms with Crippen molar-refractivity contribution < 1.29 is 12.9 Å². The van der Waals surface area contributed by atoms with Crippen LogP contribution in [0.3, 0.4) is 0 Å². The number of hydrogen-bond acceptors (Lipinski definition) is 5. The van der Waals surface area contributed by atoms with Crippen LogP contribution in [0.15, 0.2) is 9.42 Å². The predicted molar refractivity (Wildman–Crippen MR) is 92.3 cm³/mol. The first-order valence-corrected chi connectivity index (χ1v) is 10.5. The van der Waals surface area contributed by atoms with E-state index in [-0.39, 0.29) is 4.90 Å². The van der Waals surface area contributed by atoms with Gasteiger partial charge in [-0.15, -0.1) is 0 Å². The van der Waals surface area contributed by atoms with Gasteiger partial charge in [0, 0.05) is 26.2 Å². The molecular formula is C17H29N3O3S. The van der Waals surface area contributed by atoms with Gasteiger partial charge >= 0.3 is 0 Å². The molecule has 0 N–H and O–H groups in total. The van der Waals surface area contributed by atoms with Crippen LogP contribution in [0.5, 0.6) is 0 Å². The Kier molecular flexibility index (Phi) is 5.32. The summed E-state index contributed by atoms with van der Waals surface area (Å²) in [5.41, 5.74) is 0.455. The highest BCUT2D eigenvalue weighted by atomic mass is 32.2. The molecule has 0 bridgehead atoms. The lowest BCUT2D eigenvalue weighted by Gasteiger charge is -2.37. The molecule has 0 amide bonds. The third-order valence-corrected chi connectivity index (χ3v) is 7.54. The van der Waals surface area contributed by atoms with E-state index in [9.17, 15) is 8.42 Å². The zero-order chi connectivity index (χ0) is 17.3. The maximum atomic E-state index is 12.8. The van der Waals surface area contributed by atoms with E-state index >= 15 is 0 Å². The molecule has 3 rings (SSSR count). The average molecular weight is 356 g/mol. The number of sulfonamides is 1. The smallest absolute Gasteiger partial charge is 0.248 e. The summed E-state index contributed by atoms with van der Waals surface area (Å²) >= 11 is 0. The Morgan fingerprint density at radius 2 is 1.88 bits per heavy atom. The summed E-state index contributed by atoms with van der Waals surface area (Å²) in [5, 5.41) is 3.79. The van der Waals surface area contributed by atoms with Crippen molar-refractivity contribution in [3.05, 3.63) is 11.5 Å². The minimum atomic E-state index is -3.48. The number of aromatic nitrogens is 1. The Balaban J connectivity index is 1.59. The third kappa shape index (κ3) is 3.68. The van der Waals surface area contributed by atoms with Gasteiger partial charge in [-0.05, 0) is 57.9 Å².